The molecule has 1 aromatic carbocycles. The number of carbonyl (C=O) groups excluding carboxylic acids is 3. The van der Waals surface area contributed by atoms with Gasteiger partial charge in [0, 0.05) is 0 Å². The third kappa shape index (κ3) is 3.62. The van der Waals surface area contributed by atoms with Crippen LogP contribution in [0, 0.1) is 0 Å². The smallest absolute Gasteiger partial charge is 0.325 e. The summed E-state index contributed by atoms with van der Waals surface area (Å²) in [6.07, 6.45) is 1.63. The summed E-state index contributed by atoms with van der Waals surface area (Å²) in [4.78, 5) is 37.2. The molecular weight excluding hydrogens is 310 g/mol. The molecule has 1 aromatic heterocycles. The van der Waals surface area contributed by atoms with Gasteiger partial charge in [-0.2, -0.15) is 0 Å². The molecule has 1 saturated heterocycles. The lowest BCUT2D eigenvalue weighted by atomic mass is 10.0. The van der Waals surface area contributed by atoms with Crippen molar-refractivity contribution in [3.05, 3.63) is 60.1 Å². The minimum atomic E-state index is -0.562. The lowest BCUT2D eigenvalue weighted by molar-refractivity contribution is -0.134. The zero-order chi connectivity index (χ0) is 16.9. The van der Waals surface area contributed by atoms with Crippen molar-refractivity contribution in [1.29, 1.82) is 0 Å². The number of urea groups is 1. The molecule has 7 nitrogen and oxygen atoms in total. The number of imide groups is 1. The first-order valence-electron chi connectivity index (χ1n) is 7.58. The van der Waals surface area contributed by atoms with Gasteiger partial charge in [-0.3, -0.25) is 14.5 Å². The van der Waals surface area contributed by atoms with Crippen LogP contribution in [0.2, 0.25) is 0 Å². The van der Waals surface area contributed by atoms with Crippen LogP contribution >= 0.6 is 0 Å². The molecular formula is C17H17N3O4. The first kappa shape index (κ1) is 15.8. The van der Waals surface area contributed by atoms with Crippen LogP contribution in [-0.4, -0.2) is 29.3 Å². The summed E-state index contributed by atoms with van der Waals surface area (Å²) < 4.78 is 5.10. The number of nitrogens with zero attached hydrogens (tertiary/aromatic N) is 1. The van der Waals surface area contributed by atoms with Crippen LogP contribution in [0.4, 0.5) is 4.79 Å². The summed E-state index contributed by atoms with van der Waals surface area (Å²) in [6.45, 7) is -0.102. The van der Waals surface area contributed by atoms with Gasteiger partial charge >= 0.3 is 6.03 Å². The van der Waals surface area contributed by atoms with E-state index < -0.39 is 11.9 Å². The fourth-order valence-electron chi connectivity index (χ4n) is 2.52. The average Bonchev–Trinajstić information content (AvgIpc) is 3.10. The fourth-order valence-corrected chi connectivity index (χ4v) is 2.52. The molecule has 1 aliphatic heterocycles. The largest absolute Gasteiger partial charge is 0.467 e. The highest BCUT2D eigenvalue weighted by Gasteiger charge is 2.33. The molecule has 1 fully saturated rings. The zero-order valence-corrected chi connectivity index (χ0v) is 12.9. The normalized spacial score (nSPS) is 17.5. The van der Waals surface area contributed by atoms with Gasteiger partial charge in [0.1, 0.15) is 12.3 Å². The van der Waals surface area contributed by atoms with E-state index in [9.17, 15) is 14.4 Å². The molecule has 2 N–H and O–H groups in total. The number of furan rings is 1. The van der Waals surface area contributed by atoms with Gasteiger partial charge in [0.05, 0.1) is 25.3 Å². The molecule has 2 aromatic rings. The first-order valence-corrected chi connectivity index (χ1v) is 7.58. The number of nitrogens with one attached hydrogen (secondary N) is 2. The van der Waals surface area contributed by atoms with Gasteiger partial charge < -0.3 is 15.1 Å². The van der Waals surface area contributed by atoms with Crippen molar-refractivity contribution >= 4 is 17.8 Å². The van der Waals surface area contributed by atoms with Crippen molar-refractivity contribution in [3.8, 4) is 0 Å². The minimum absolute atomic E-state index is 0.126. The van der Waals surface area contributed by atoms with Crippen molar-refractivity contribution in [2.24, 2.45) is 0 Å². The summed E-state index contributed by atoms with van der Waals surface area (Å²) in [7, 11) is 0. The Morgan fingerprint density at radius 1 is 1.21 bits per heavy atom. The number of carbonyl (C=O) groups is 3. The summed E-state index contributed by atoms with van der Waals surface area (Å²) in [6, 6.07) is 11.8. The van der Waals surface area contributed by atoms with Gasteiger partial charge in [0.25, 0.3) is 0 Å². The Morgan fingerprint density at radius 2 is 2.00 bits per heavy atom. The Kier molecular flexibility index (Phi) is 4.60. The lowest BCUT2D eigenvalue weighted by Gasteiger charge is -2.31. The summed E-state index contributed by atoms with van der Waals surface area (Å²) in [5, 5.41) is 5.37. The third-order valence-electron chi connectivity index (χ3n) is 3.77. The Labute approximate surface area is 138 Å². The maximum Gasteiger partial charge on any atom is 0.325 e. The van der Waals surface area contributed by atoms with Gasteiger partial charge in [0.15, 0.2) is 0 Å². The molecule has 1 atom stereocenters. The molecule has 0 saturated carbocycles. The average molecular weight is 327 g/mol. The van der Waals surface area contributed by atoms with E-state index in [1.807, 2.05) is 30.3 Å². The number of benzene rings is 1. The van der Waals surface area contributed by atoms with E-state index in [1.54, 1.807) is 12.1 Å². The second-order valence-corrected chi connectivity index (χ2v) is 5.45. The number of hydrogen-bond acceptors (Lipinski definition) is 4. The lowest BCUT2D eigenvalue weighted by Crippen LogP contribution is -2.54. The molecule has 124 valence electrons. The molecule has 7 heteroatoms. The molecule has 0 bridgehead atoms. The van der Waals surface area contributed by atoms with Crippen molar-refractivity contribution < 1.29 is 18.8 Å². The van der Waals surface area contributed by atoms with Crippen molar-refractivity contribution in [1.82, 2.24) is 15.5 Å². The SMILES string of the molecule is O=C(CN1C(=O)CC(c2ccccc2)NC1=O)NCc1ccco1. The van der Waals surface area contributed by atoms with E-state index in [1.165, 1.54) is 6.26 Å². The van der Waals surface area contributed by atoms with Crippen LogP contribution in [-0.2, 0) is 16.1 Å². The van der Waals surface area contributed by atoms with Crippen LogP contribution in [0.1, 0.15) is 23.8 Å². The van der Waals surface area contributed by atoms with Gasteiger partial charge in [-0.25, -0.2) is 4.79 Å². The number of amides is 4. The molecule has 1 aliphatic rings. The van der Waals surface area contributed by atoms with Gasteiger partial charge in [-0.1, -0.05) is 30.3 Å². The molecule has 4 amide bonds. The molecule has 0 radical (unpaired) electrons. The molecule has 2 heterocycles. The van der Waals surface area contributed by atoms with Crippen LogP contribution in [0.15, 0.2) is 53.1 Å². The van der Waals surface area contributed by atoms with E-state index in [2.05, 4.69) is 10.6 Å². The fraction of sp³-hybridized carbons (Fsp3) is 0.235. The van der Waals surface area contributed by atoms with Crippen LogP contribution < -0.4 is 10.6 Å². The third-order valence-corrected chi connectivity index (χ3v) is 3.77. The topological polar surface area (TPSA) is 91.7 Å². The minimum Gasteiger partial charge on any atom is -0.467 e. The molecule has 3 rings (SSSR count). The van der Waals surface area contributed by atoms with Crippen molar-refractivity contribution in [2.45, 2.75) is 19.0 Å². The number of hydrogen-bond donors (Lipinski definition) is 2. The highest BCUT2D eigenvalue weighted by atomic mass is 16.3. The van der Waals surface area contributed by atoms with Crippen LogP contribution in [0.5, 0.6) is 0 Å². The monoisotopic (exact) mass is 327 g/mol. The Bertz CT molecular complexity index is 710. The van der Waals surface area contributed by atoms with E-state index in [-0.39, 0.29) is 31.5 Å². The standard InChI is InChI=1S/C17H17N3O4/c21-15(18-10-13-7-4-8-24-13)11-20-16(22)9-14(19-17(20)23)12-5-2-1-3-6-12/h1-8,14H,9-11H2,(H,18,21)(H,19,23). The summed E-state index contributed by atoms with van der Waals surface area (Å²) >= 11 is 0. The van der Waals surface area contributed by atoms with Crippen molar-refractivity contribution in [2.75, 3.05) is 6.54 Å². The highest BCUT2D eigenvalue weighted by Crippen LogP contribution is 2.21. The van der Waals surface area contributed by atoms with Gasteiger partial charge in [0.2, 0.25) is 11.8 Å². The zero-order valence-electron chi connectivity index (χ0n) is 12.9. The van der Waals surface area contributed by atoms with E-state index in [0.717, 1.165) is 10.5 Å². The van der Waals surface area contributed by atoms with Crippen molar-refractivity contribution in [3.63, 3.8) is 0 Å². The molecule has 1 unspecified atom stereocenters. The van der Waals surface area contributed by atoms with Gasteiger partial charge in [-0.05, 0) is 17.7 Å². The Hall–Kier alpha value is -3.09. The first-order chi connectivity index (χ1) is 11.6. The highest BCUT2D eigenvalue weighted by molar-refractivity contribution is 6.00. The van der Waals surface area contributed by atoms with E-state index in [0.29, 0.717) is 5.76 Å². The van der Waals surface area contributed by atoms with E-state index in [4.69, 9.17) is 4.42 Å². The summed E-state index contributed by atoms with van der Waals surface area (Å²) in [5.74, 6) is -0.198. The van der Waals surface area contributed by atoms with Crippen LogP contribution in [0.25, 0.3) is 0 Å². The quantitative estimate of drug-likeness (QED) is 0.872. The van der Waals surface area contributed by atoms with Gasteiger partial charge in [-0.15, -0.1) is 0 Å². The Balaban J connectivity index is 1.56. The molecule has 24 heavy (non-hydrogen) atoms. The predicted molar refractivity (Wildman–Crippen MR) is 84.6 cm³/mol. The number of rotatable bonds is 5. The maximum absolute atomic E-state index is 12.2. The summed E-state index contributed by atoms with van der Waals surface area (Å²) in [5.41, 5.74) is 0.862. The molecule has 0 aliphatic carbocycles. The predicted octanol–water partition coefficient (Wildman–Crippen LogP) is 1.58. The Morgan fingerprint density at radius 3 is 2.67 bits per heavy atom. The van der Waals surface area contributed by atoms with Crippen LogP contribution in [0.3, 0.4) is 0 Å². The second-order valence-electron chi connectivity index (χ2n) is 5.45. The van der Waals surface area contributed by atoms with E-state index >= 15 is 0 Å². The molecule has 0 spiro atoms. The second kappa shape index (κ2) is 6.99. The maximum atomic E-state index is 12.2.